The molecule has 2 amide bonds. The fraction of sp³-hybridized carbons (Fsp3) is 0.391. The van der Waals surface area contributed by atoms with Gasteiger partial charge in [-0.3, -0.25) is 9.59 Å². The largest absolute Gasteiger partial charge is 0.480 e. The molecule has 0 aliphatic rings. The van der Waals surface area contributed by atoms with Crippen LogP contribution in [0.5, 0.6) is 5.88 Å². The van der Waals surface area contributed by atoms with E-state index in [-0.39, 0.29) is 24.3 Å². The molecule has 0 radical (unpaired) electrons. The summed E-state index contributed by atoms with van der Waals surface area (Å²) in [5, 5.41) is 6.58. The van der Waals surface area contributed by atoms with Gasteiger partial charge in [0.15, 0.2) is 5.82 Å². The van der Waals surface area contributed by atoms with Crippen molar-refractivity contribution in [3.05, 3.63) is 46.1 Å². The van der Waals surface area contributed by atoms with E-state index in [1.165, 1.54) is 11.3 Å². The third-order valence-corrected chi connectivity index (χ3v) is 5.92. The second-order valence-corrected chi connectivity index (χ2v) is 8.85. The van der Waals surface area contributed by atoms with Gasteiger partial charge in [-0.25, -0.2) is 4.98 Å². The third kappa shape index (κ3) is 5.60. The van der Waals surface area contributed by atoms with Crippen LogP contribution in [0.25, 0.3) is 10.2 Å². The number of fused-ring (bicyclic) bond motifs is 1. The summed E-state index contributed by atoms with van der Waals surface area (Å²) in [6.45, 7) is 6.45. The minimum Gasteiger partial charge on any atom is -0.480 e. The van der Waals surface area contributed by atoms with Crippen molar-refractivity contribution in [3.8, 4) is 5.88 Å². The van der Waals surface area contributed by atoms with Gasteiger partial charge in [0.2, 0.25) is 11.8 Å². The molecule has 2 N–H and O–H groups in total. The summed E-state index contributed by atoms with van der Waals surface area (Å²) in [6, 6.07) is 7.46. The molecule has 0 aliphatic carbocycles. The van der Waals surface area contributed by atoms with Crippen LogP contribution in [0.15, 0.2) is 24.3 Å². The van der Waals surface area contributed by atoms with E-state index in [1.807, 2.05) is 45.0 Å². The molecule has 0 spiro atoms. The normalized spacial score (nSPS) is 11.1. The first-order chi connectivity index (χ1) is 15.3. The van der Waals surface area contributed by atoms with Crippen LogP contribution in [0.1, 0.15) is 46.9 Å². The minimum absolute atomic E-state index is 0.0232. The second-order valence-electron chi connectivity index (χ2n) is 7.85. The number of thiophene rings is 1. The predicted molar refractivity (Wildman–Crippen MR) is 125 cm³/mol. The maximum Gasteiger partial charge on any atom is 0.261 e. The monoisotopic (exact) mass is 456 g/mol. The number of carbonyl (C=O) groups excluding carboxylic acids is 2. The van der Waals surface area contributed by atoms with Crippen molar-refractivity contribution in [2.75, 3.05) is 19.5 Å². The van der Waals surface area contributed by atoms with Crippen LogP contribution in [-0.4, -0.2) is 36.0 Å². The van der Waals surface area contributed by atoms with E-state index in [2.05, 4.69) is 20.6 Å². The topological polar surface area (TPSA) is 102 Å². The molecule has 0 unspecified atom stereocenters. The van der Waals surface area contributed by atoms with Gasteiger partial charge in [-0.15, -0.1) is 11.3 Å². The molecule has 2 heterocycles. The summed E-state index contributed by atoms with van der Waals surface area (Å²) in [5.41, 5.74) is 2.38. The first-order valence-corrected chi connectivity index (χ1v) is 11.1. The van der Waals surface area contributed by atoms with E-state index >= 15 is 0 Å². The van der Waals surface area contributed by atoms with E-state index in [4.69, 9.17) is 9.47 Å². The number of amides is 2. The van der Waals surface area contributed by atoms with Crippen molar-refractivity contribution in [1.82, 2.24) is 15.3 Å². The fourth-order valence-electron chi connectivity index (χ4n) is 3.31. The molecule has 3 aromatic rings. The molecule has 2 aromatic heterocycles. The van der Waals surface area contributed by atoms with Crippen LogP contribution < -0.4 is 15.4 Å². The Balaban J connectivity index is 1.74. The number of ether oxygens (including phenoxy) is 2. The molecule has 1 aromatic carbocycles. The number of aromatic nitrogens is 2. The quantitative estimate of drug-likeness (QED) is 0.503. The molecular weight excluding hydrogens is 428 g/mol. The van der Waals surface area contributed by atoms with Crippen LogP contribution in [-0.2, 0) is 22.7 Å². The lowest BCUT2D eigenvalue weighted by molar-refractivity contribution is -0.116. The first kappa shape index (κ1) is 23.6. The maximum absolute atomic E-state index is 12.9. The number of hydrogen-bond acceptors (Lipinski definition) is 7. The molecular formula is C23H28N4O4S. The van der Waals surface area contributed by atoms with Gasteiger partial charge < -0.3 is 20.1 Å². The highest BCUT2D eigenvalue weighted by Gasteiger charge is 2.21. The number of methoxy groups -OCH3 is 2. The van der Waals surface area contributed by atoms with Gasteiger partial charge in [0, 0.05) is 25.8 Å². The number of hydrogen-bond donors (Lipinski definition) is 2. The zero-order valence-electron chi connectivity index (χ0n) is 18.9. The van der Waals surface area contributed by atoms with Gasteiger partial charge in [-0.1, -0.05) is 26.0 Å². The van der Waals surface area contributed by atoms with E-state index in [0.29, 0.717) is 40.1 Å². The van der Waals surface area contributed by atoms with Crippen molar-refractivity contribution >= 4 is 39.1 Å². The Hall–Kier alpha value is -3.04. The van der Waals surface area contributed by atoms with Gasteiger partial charge in [0.1, 0.15) is 11.4 Å². The molecule has 3 rings (SSSR count). The van der Waals surface area contributed by atoms with Gasteiger partial charge >= 0.3 is 0 Å². The lowest BCUT2D eigenvalue weighted by atomic mass is 10.1. The summed E-state index contributed by atoms with van der Waals surface area (Å²) < 4.78 is 10.5. The molecule has 9 heteroatoms. The number of carbonyl (C=O) groups is 2. The Labute approximate surface area is 191 Å². The second kappa shape index (κ2) is 10.5. The van der Waals surface area contributed by atoms with E-state index in [1.54, 1.807) is 14.2 Å². The number of benzene rings is 1. The van der Waals surface area contributed by atoms with Gasteiger partial charge in [0.05, 0.1) is 17.4 Å². The summed E-state index contributed by atoms with van der Waals surface area (Å²) >= 11 is 1.30. The molecule has 0 fully saturated rings. The summed E-state index contributed by atoms with van der Waals surface area (Å²) in [6.07, 6.45) is 0.463. The third-order valence-electron chi connectivity index (χ3n) is 4.73. The fourth-order valence-corrected chi connectivity index (χ4v) is 4.41. The Morgan fingerprint density at radius 2 is 1.97 bits per heavy atom. The average Bonchev–Trinajstić information content (AvgIpc) is 3.08. The van der Waals surface area contributed by atoms with Crippen LogP contribution in [0.2, 0.25) is 0 Å². The SMILES string of the molecule is COCc1nc(OC)c2c(C)c(C(=O)NCc3cccc(NC(=O)CC(C)C)c3)sc2n1. The van der Waals surface area contributed by atoms with E-state index in [9.17, 15) is 9.59 Å². The van der Waals surface area contributed by atoms with Gasteiger partial charge in [0.25, 0.3) is 5.91 Å². The summed E-state index contributed by atoms with van der Waals surface area (Å²) in [4.78, 5) is 35.0. The van der Waals surface area contributed by atoms with Crippen LogP contribution in [0.3, 0.4) is 0 Å². The average molecular weight is 457 g/mol. The van der Waals surface area contributed by atoms with E-state index < -0.39 is 0 Å². The van der Waals surface area contributed by atoms with Crippen molar-refractivity contribution in [1.29, 1.82) is 0 Å². The smallest absolute Gasteiger partial charge is 0.261 e. The van der Waals surface area contributed by atoms with Crippen LogP contribution in [0.4, 0.5) is 5.69 Å². The van der Waals surface area contributed by atoms with Crippen molar-refractivity contribution in [2.45, 2.75) is 40.3 Å². The van der Waals surface area contributed by atoms with Crippen molar-refractivity contribution in [2.24, 2.45) is 5.92 Å². The van der Waals surface area contributed by atoms with Crippen LogP contribution >= 0.6 is 11.3 Å². The minimum atomic E-state index is -0.199. The molecule has 0 saturated carbocycles. The number of nitrogens with one attached hydrogen (secondary N) is 2. The van der Waals surface area contributed by atoms with Crippen molar-refractivity contribution < 1.29 is 19.1 Å². The molecule has 170 valence electrons. The highest BCUT2D eigenvalue weighted by molar-refractivity contribution is 7.20. The van der Waals surface area contributed by atoms with Gasteiger partial charge in [-0.2, -0.15) is 4.98 Å². The Morgan fingerprint density at radius 1 is 1.19 bits per heavy atom. The zero-order chi connectivity index (χ0) is 23.3. The molecule has 0 aliphatic heterocycles. The number of rotatable bonds is 9. The lowest BCUT2D eigenvalue weighted by Crippen LogP contribution is -2.22. The van der Waals surface area contributed by atoms with E-state index in [0.717, 1.165) is 16.5 Å². The summed E-state index contributed by atoms with van der Waals surface area (Å²) in [5.74, 6) is 0.997. The Bertz CT molecular complexity index is 1130. The highest BCUT2D eigenvalue weighted by Crippen LogP contribution is 2.35. The highest BCUT2D eigenvalue weighted by atomic mass is 32.1. The molecule has 32 heavy (non-hydrogen) atoms. The Kier molecular flexibility index (Phi) is 7.76. The number of nitrogens with zero attached hydrogens (tertiary/aromatic N) is 2. The zero-order valence-corrected chi connectivity index (χ0v) is 19.8. The maximum atomic E-state index is 12.9. The lowest BCUT2D eigenvalue weighted by Gasteiger charge is -2.10. The predicted octanol–water partition coefficient (Wildman–Crippen LogP) is 4.07. The van der Waals surface area contributed by atoms with Crippen molar-refractivity contribution in [3.63, 3.8) is 0 Å². The molecule has 8 nitrogen and oxygen atoms in total. The standard InChI is InChI=1S/C23H28N4O4S/c1-13(2)9-18(28)25-16-8-6-7-15(10-16)11-24-21(29)20-14(3)19-22(31-5)26-17(12-30-4)27-23(19)32-20/h6-8,10,13H,9,11-12H2,1-5H3,(H,24,29)(H,25,28). The first-order valence-electron chi connectivity index (χ1n) is 10.3. The summed E-state index contributed by atoms with van der Waals surface area (Å²) in [7, 11) is 3.12. The molecule has 0 atom stereocenters. The number of aryl methyl sites for hydroxylation is 1. The van der Waals surface area contributed by atoms with Crippen LogP contribution in [0, 0.1) is 12.8 Å². The number of anilines is 1. The molecule has 0 saturated heterocycles. The Morgan fingerprint density at radius 3 is 2.66 bits per heavy atom. The van der Waals surface area contributed by atoms with Gasteiger partial charge in [-0.05, 0) is 36.1 Å². The molecule has 0 bridgehead atoms.